The molecule has 0 aliphatic carbocycles. The van der Waals surface area contributed by atoms with Crippen LogP contribution < -0.4 is 5.56 Å². The molecule has 1 heterocycles. The van der Waals surface area contributed by atoms with E-state index >= 15 is 0 Å². The third-order valence-corrected chi connectivity index (χ3v) is 1.76. The van der Waals surface area contributed by atoms with Crippen LogP contribution in [0, 0.1) is 6.92 Å². The lowest BCUT2D eigenvalue weighted by Gasteiger charge is -2.00. The Labute approximate surface area is 96.9 Å². The summed E-state index contributed by atoms with van der Waals surface area (Å²) in [6, 6.07) is 0. The Morgan fingerprint density at radius 3 is 2.19 bits per heavy atom. The molecule has 0 amide bonds. The molecule has 0 aliphatic rings. The van der Waals surface area contributed by atoms with Crippen molar-refractivity contribution in [3.8, 4) is 0 Å². The van der Waals surface area contributed by atoms with Gasteiger partial charge >= 0.3 is 0 Å². The lowest BCUT2D eigenvalue weighted by Crippen LogP contribution is -2.14. The van der Waals surface area contributed by atoms with Crippen LogP contribution in [0.5, 0.6) is 0 Å². The molecule has 0 spiro atoms. The topological polar surface area (TPSA) is 45.8 Å². The first kappa shape index (κ1) is 14.4. The fraction of sp³-hybridized carbons (Fsp3) is 0.385. The summed E-state index contributed by atoms with van der Waals surface area (Å²) >= 11 is 0. The molecule has 1 aromatic rings. The smallest absolute Gasteiger partial charge is 0.258 e. The van der Waals surface area contributed by atoms with Gasteiger partial charge in [0.1, 0.15) is 5.82 Å². The molecule has 3 nitrogen and oxygen atoms in total. The Hall–Kier alpha value is -1.64. The minimum absolute atomic E-state index is 0.0938. The fourth-order valence-corrected chi connectivity index (χ4v) is 1.23. The molecule has 88 valence electrons. The van der Waals surface area contributed by atoms with E-state index in [9.17, 15) is 4.79 Å². The maximum atomic E-state index is 11.5. The van der Waals surface area contributed by atoms with Gasteiger partial charge in [-0.2, -0.15) is 0 Å². The van der Waals surface area contributed by atoms with Crippen LogP contribution in [0.1, 0.15) is 44.8 Å². The summed E-state index contributed by atoms with van der Waals surface area (Å²) in [5, 5.41) is 0. The van der Waals surface area contributed by atoms with Crippen molar-refractivity contribution in [3.05, 3.63) is 39.6 Å². The van der Waals surface area contributed by atoms with Gasteiger partial charge < -0.3 is 4.98 Å². The fourth-order valence-electron chi connectivity index (χ4n) is 1.23. The molecule has 0 saturated heterocycles. The van der Waals surface area contributed by atoms with E-state index in [1.165, 1.54) is 0 Å². The number of hydrogen-bond acceptors (Lipinski definition) is 2. The molecule has 0 fully saturated rings. The van der Waals surface area contributed by atoms with Crippen molar-refractivity contribution >= 4 is 12.2 Å². The van der Waals surface area contributed by atoms with Crippen molar-refractivity contribution in [1.82, 2.24) is 9.97 Å². The van der Waals surface area contributed by atoms with Gasteiger partial charge in [0.2, 0.25) is 0 Å². The number of rotatable bonds is 2. The molecular formula is C13H20N2O. The number of nitrogens with one attached hydrogen (secondary N) is 1. The highest BCUT2D eigenvalue weighted by atomic mass is 16.1. The van der Waals surface area contributed by atoms with Crippen molar-refractivity contribution < 1.29 is 0 Å². The first-order valence-electron chi connectivity index (χ1n) is 5.55. The molecule has 0 unspecified atom stereocenters. The van der Waals surface area contributed by atoms with E-state index in [1.54, 1.807) is 13.0 Å². The van der Waals surface area contributed by atoms with Crippen molar-refractivity contribution in [2.75, 3.05) is 0 Å². The minimum atomic E-state index is -0.0938. The number of aromatic amines is 1. The number of nitrogens with zero attached hydrogens (tertiary/aromatic N) is 1. The van der Waals surface area contributed by atoms with Crippen LogP contribution in [0.2, 0.25) is 0 Å². The van der Waals surface area contributed by atoms with Gasteiger partial charge in [-0.25, -0.2) is 4.98 Å². The average Bonchev–Trinajstić information content (AvgIpc) is 2.26. The highest BCUT2D eigenvalue weighted by Gasteiger charge is 2.03. The summed E-state index contributed by atoms with van der Waals surface area (Å²) in [5.41, 5.74) is 1.23. The highest BCUT2D eigenvalue weighted by Crippen LogP contribution is 2.05. The molecule has 0 radical (unpaired) electrons. The second-order valence-electron chi connectivity index (χ2n) is 2.95. The summed E-state index contributed by atoms with van der Waals surface area (Å²) in [6.07, 6.45) is 7.29. The molecule has 3 heteroatoms. The molecule has 0 aromatic carbocycles. The second-order valence-corrected chi connectivity index (χ2v) is 2.95. The van der Waals surface area contributed by atoms with Crippen LogP contribution >= 0.6 is 0 Å². The zero-order chi connectivity index (χ0) is 12.6. The average molecular weight is 220 g/mol. The van der Waals surface area contributed by atoms with E-state index in [4.69, 9.17) is 0 Å². The zero-order valence-electron chi connectivity index (χ0n) is 10.7. The van der Waals surface area contributed by atoms with Gasteiger partial charge in [-0.05, 0) is 26.8 Å². The standard InChI is InChI=1S/C11H14N2O.C2H6/c1-4-6-9-10(7-5-2)12-8(3)13-11(9)14;1-2/h4-7H,1-3H3,(H,12,13,14);1-2H3/b6-4-,7-5-;. The first-order valence-corrected chi connectivity index (χ1v) is 5.55. The van der Waals surface area contributed by atoms with Crippen LogP contribution in [-0.4, -0.2) is 9.97 Å². The van der Waals surface area contributed by atoms with Crippen LogP contribution in [0.25, 0.3) is 12.2 Å². The Morgan fingerprint density at radius 1 is 1.12 bits per heavy atom. The second kappa shape index (κ2) is 7.63. The summed E-state index contributed by atoms with van der Waals surface area (Å²) in [5.74, 6) is 0.636. The number of aromatic nitrogens is 2. The van der Waals surface area contributed by atoms with Gasteiger partial charge in [-0.3, -0.25) is 4.79 Å². The van der Waals surface area contributed by atoms with E-state index in [1.807, 2.05) is 45.9 Å². The third-order valence-electron chi connectivity index (χ3n) is 1.76. The van der Waals surface area contributed by atoms with Crippen LogP contribution in [0.15, 0.2) is 16.9 Å². The van der Waals surface area contributed by atoms with Crippen molar-refractivity contribution in [3.63, 3.8) is 0 Å². The van der Waals surface area contributed by atoms with E-state index in [2.05, 4.69) is 9.97 Å². The molecule has 0 bridgehead atoms. The van der Waals surface area contributed by atoms with Gasteiger partial charge in [0, 0.05) is 0 Å². The maximum absolute atomic E-state index is 11.5. The quantitative estimate of drug-likeness (QED) is 0.832. The molecule has 1 aromatic heterocycles. The molecule has 1 rings (SSSR count). The normalized spacial score (nSPS) is 10.6. The van der Waals surface area contributed by atoms with E-state index < -0.39 is 0 Å². The Balaban J connectivity index is 0.00000106. The summed E-state index contributed by atoms with van der Waals surface area (Å²) in [4.78, 5) is 18.5. The molecule has 1 N–H and O–H groups in total. The molecule has 0 saturated carbocycles. The number of aryl methyl sites for hydroxylation is 1. The first-order chi connectivity index (χ1) is 7.69. The van der Waals surface area contributed by atoms with Crippen molar-refractivity contribution in [2.24, 2.45) is 0 Å². The monoisotopic (exact) mass is 220 g/mol. The van der Waals surface area contributed by atoms with Crippen LogP contribution in [0.3, 0.4) is 0 Å². The zero-order valence-corrected chi connectivity index (χ0v) is 10.7. The van der Waals surface area contributed by atoms with Gasteiger partial charge in [0.15, 0.2) is 0 Å². The van der Waals surface area contributed by atoms with E-state index in [-0.39, 0.29) is 5.56 Å². The Bertz CT molecular complexity index is 428. The van der Waals surface area contributed by atoms with E-state index in [0.717, 1.165) is 0 Å². The van der Waals surface area contributed by atoms with Gasteiger partial charge in [0.05, 0.1) is 11.3 Å². The molecule has 0 atom stereocenters. The molecule has 0 aliphatic heterocycles. The minimum Gasteiger partial charge on any atom is -0.310 e. The van der Waals surface area contributed by atoms with Gasteiger partial charge in [-0.15, -0.1) is 0 Å². The summed E-state index contributed by atoms with van der Waals surface area (Å²) < 4.78 is 0. The third kappa shape index (κ3) is 3.85. The molecular weight excluding hydrogens is 200 g/mol. The number of H-pyrrole nitrogens is 1. The van der Waals surface area contributed by atoms with Gasteiger partial charge in [-0.1, -0.05) is 32.1 Å². The summed E-state index contributed by atoms with van der Waals surface area (Å²) in [6.45, 7) is 9.55. The largest absolute Gasteiger partial charge is 0.310 e. The van der Waals surface area contributed by atoms with Crippen molar-refractivity contribution in [1.29, 1.82) is 0 Å². The lowest BCUT2D eigenvalue weighted by atomic mass is 10.2. The van der Waals surface area contributed by atoms with Crippen molar-refractivity contribution in [2.45, 2.75) is 34.6 Å². The van der Waals surface area contributed by atoms with E-state index in [0.29, 0.717) is 17.1 Å². The predicted octanol–water partition coefficient (Wildman–Crippen LogP) is 3.17. The lowest BCUT2D eigenvalue weighted by molar-refractivity contribution is 1.00. The number of allylic oxidation sites excluding steroid dienone is 2. The Kier molecular flexibility index (Phi) is 6.84. The highest BCUT2D eigenvalue weighted by molar-refractivity contribution is 5.61. The van der Waals surface area contributed by atoms with Crippen LogP contribution in [0.4, 0.5) is 0 Å². The van der Waals surface area contributed by atoms with Crippen LogP contribution in [-0.2, 0) is 0 Å². The predicted molar refractivity (Wildman–Crippen MR) is 70.4 cm³/mol. The maximum Gasteiger partial charge on any atom is 0.258 e. The summed E-state index contributed by atoms with van der Waals surface area (Å²) in [7, 11) is 0. The Morgan fingerprint density at radius 2 is 1.69 bits per heavy atom. The number of hydrogen-bond donors (Lipinski definition) is 1. The van der Waals surface area contributed by atoms with Gasteiger partial charge in [0.25, 0.3) is 5.56 Å². The SMILES string of the molecule is C/C=C\c1nc(C)[nH]c(=O)c1/C=C\C.CC. The molecule has 16 heavy (non-hydrogen) atoms.